The maximum atomic E-state index is 13.0. The summed E-state index contributed by atoms with van der Waals surface area (Å²) in [4.78, 5) is 38.2. The van der Waals surface area contributed by atoms with Gasteiger partial charge in [-0.15, -0.1) is 0 Å². The van der Waals surface area contributed by atoms with Gasteiger partial charge in [0.05, 0.1) is 0 Å². The first-order valence-electron chi connectivity index (χ1n) is 8.54. The summed E-state index contributed by atoms with van der Waals surface area (Å²) in [6.45, 7) is 5.47. The highest BCUT2D eigenvalue weighted by Crippen LogP contribution is 2.69. The number of benzene rings is 2. The van der Waals surface area contributed by atoms with E-state index < -0.39 is 33.8 Å². The predicted octanol–water partition coefficient (Wildman–Crippen LogP) is 3.71. The highest BCUT2D eigenvalue weighted by molar-refractivity contribution is 6.48. The number of carbonyl (C=O) groups is 3. The van der Waals surface area contributed by atoms with Crippen molar-refractivity contribution in [1.82, 2.24) is 0 Å². The molecule has 4 heteroatoms. The van der Waals surface area contributed by atoms with Gasteiger partial charge < -0.3 is 4.74 Å². The molecule has 0 unspecified atom stereocenters. The lowest BCUT2D eigenvalue weighted by Gasteiger charge is -2.36. The van der Waals surface area contributed by atoms with E-state index >= 15 is 0 Å². The van der Waals surface area contributed by atoms with E-state index in [9.17, 15) is 14.4 Å². The maximum absolute atomic E-state index is 13.0. The molecule has 128 valence electrons. The smallest absolute Gasteiger partial charge is 0.326 e. The number of hydrogen-bond donors (Lipinski definition) is 0. The van der Waals surface area contributed by atoms with Gasteiger partial charge >= 0.3 is 5.97 Å². The van der Waals surface area contributed by atoms with Gasteiger partial charge in [-0.1, -0.05) is 51.1 Å². The summed E-state index contributed by atoms with van der Waals surface area (Å²) in [5.41, 5.74) is -2.90. The second kappa shape index (κ2) is 4.78. The fraction of sp³-hybridized carbons (Fsp3) is 0.381. The average Bonchev–Trinajstić information content (AvgIpc) is 2.86. The van der Waals surface area contributed by atoms with Crippen molar-refractivity contribution in [3.8, 4) is 5.75 Å². The van der Waals surface area contributed by atoms with E-state index in [2.05, 4.69) is 0 Å². The van der Waals surface area contributed by atoms with Crippen molar-refractivity contribution in [1.29, 1.82) is 0 Å². The van der Waals surface area contributed by atoms with Crippen LogP contribution in [-0.4, -0.2) is 17.5 Å². The van der Waals surface area contributed by atoms with Crippen LogP contribution in [0, 0.1) is 16.2 Å². The van der Waals surface area contributed by atoms with E-state index in [1.807, 2.05) is 44.2 Å². The normalized spacial score (nSPS) is 30.0. The van der Waals surface area contributed by atoms with Crippen LogP contribution in [-0.2, 0) is 14.4 Å². The summed E-state index contributed by atoms with van der Waals surface area (Å²) in [7, 11) is 0. The Balaban J connectivity index is 1.73. The highest BCUT2D eigenvalue weighted by atomic mass is 16.5. The molecule has 2 saturated carbocycles. The second-order valence-electron chi connectivity index (χ2n) is 7.92. The summed E-state index contributed by atoms with van der Waals surface area (Å²) in [6, 6.07) is 13.2. The standard InChI is InChI=1S/C21H20O4/c1-19(2)20(3)10-11-21(19,17(23)16(20)22)18(24)25-15-9-8-13-6-4-5-7-14(13)12-15/h4-9,12H,10-11H2,1-3H3/t20-,21-/m0/s1. The molecule has 0 heterocycles. The van der Waals surface area contributed by atoms with Crippen LogP contribution in [0.1, 0.15) is 33.6 Å². The number of fused-ring (bicyclic) bond motifs is 3. The lowest BCUT2D eigenvalue weighted by Crippen LogP contribution is -2.47. The molecule has 0 amide bonds. The van der Waals surface area contributed by atoms with Crippen LogP contribution >= 0.6 is 0 Å². The van der Waals surface area contributed by atoms with Crippen molar-refractivity contribution in [2.75, 3.05) is 0 Å². The van der Waals surface area contributed by atoms with Crippen molar-refractivity contribution in [3.63, 3.8) is 0 Å². The van der Waals surface area contributed by atoms with E-state index in [4.69, 9.17) is 4.74 Å². The minimum atomic E-state index is -1.37. The van der Waals surface area contributed by atoms with Gasteiger partial charge in [-0.05, 0) is 35.7 Å². The molecule has 0 radical (unpaired) electrons. The number of ketones is 2. The van der Waals surface area contributed by atoms with E-state index in [0.717, 1.165) is 10.8 Å². The topological polar surface area (TPSA) is 60.4 Å². The maximum Gasteiger partial charge on any atom is 0.326 e. The van der Waals surface area contributed by atoms with Crippen molar-refractivity contribution >= 4 is 28.3 Å². The fourth-order valence-electron chi connectivity index (χ4n) is 4.65. The SMILES string of the molecule is CC1(C)[C@@]2(C(=O)Oc3ccc4ccccc4c3)CC[C@@]1(C)C(=O)C2=O. The van der Waals surface area contributed by atoms with Crippen LogP contribution < -0.4 is 4.74 Å². The molecule has 2 fully saturated rings. The third-order valence-corrected chi connectivity index (χ3v) is 6.82. The van der Waals surface area contributed by atoms with Crippen LogP contribution in [0.3, 0.4) is 0 Å². The Kier molecular flexibility index (Phi) is 3.06. The zero-order valence-electron chi connectivity index (χ0n) is 14.6. The molecule has 0 saturated heterocycles. The monoisotopic (exact) mass is 336 g/mol. The Morgan fingerprint density at radius 3 is 2.24 bits per heavy atom. The van der Waals surface area contributed by atoms with Crippen LogP contribution in [0.15, 0.2) is 42.5 Å². The molecular weight excluding hydrogens is 316 g/mol. The molecule has 2 aliphatic carbocycles. The molecule has 2 bridgehead atoms. The summed E-state index contributed by atoms with van der Waals surface area (Å²) >= 11 is 0. The van der Waals surface area contributed by atoms with Gasteiger partial charge in [-0.2, -0.15) is 0 Å². The second-order valence-corrected chi connectivity index (χ2v) is 7.92. The van der Waals surface area contributed by atoms with Crippen LogP contribution in [0.25, 0.3) is 10.8 Å². The molecule has 2 aromatic carbocycles. The largest absolute Gasteiger partial charge is 0.426 e. The fourth-order valence-corrected chi connectivity index (χ4v) is 4.65. The van der Waals surface area contributed by atoms with Gasteiger partial charge in [0, 0.05) is 10.8 Å². The minimum absolute atomic E-state index is 0.369. The third kappa shape index (κ3) is 1.74. The Morgan fingerprint density at radius 2 is 1.60 bits per heavy atom. The summed E-state index contributed by atoms with van der Waals surface area (Å²) < 4.78 is 5.61. The van der Waals surface area contributed by atoms with Crippen LogP contribution in [0.2, 0.25) is 0 Å². The summed E-state index contributed by atoms with van der Waals surface area (Å²) in [6.07, 6.45) is 0.908. The molecule has 0 aromatic heterocycles. The number of esters is 1. The lowest BCUT2D eigenvalue weighted by atomic mass is 9.65. The highest BCUT2D eigenvalue weighted by Gasteiger charge is 2.78. The molecule has 0 aliphatic heterocycles. The predicted molar refractivity (Wildman–Crippen MR) is 93.2 cm³/mol. The third-order valence-electron chi connectivity index (χ3n) is 6.82. The lowest BCUT2D eigenvalue weighted by molar-refractivity contribution is -0.157. The van der Waals surface area contributed by atoms with Crippen LogP contribution in [0.5, 0.6) is 5.75 Å². The molecule has 0 spiro atoms. The first-order chi connectivity index (χ1) is 11.7. The van der Waals surface area contributed by atoms with Gasteiger partial charge in [0.2, 0.25) is 11.6 Å². The Morgan fingerprint density at radius 1 is 0.920 bits per heavy atom. The Labute approximate surface area is 146 Å². The minimum Gasteiger partial charge on any atom is -0.426 e. The van der Waals surface area contributed by atoms with Crippen molar-refractivity contribution in [2.24, 2.45) is 16.2 Å². The first kappa shape index (κ1) is 16.0. The Hall–Kier alpha value is -2.49. The van der Waals surface area contributed by atoms with Gasteiger partial charge in [0.25, 0.3) is 0 Å². The average molecular weight is 336 g/mol. The quantitative estimate of drug-likeness (QED) is 0.363. The summed E-state index contributed by atoms with van der Waals surface area (Å²) in [5, 5.41) is 2.00. The molecule has 2 aromatic rings. The van der Waals surface area contributed by atoms with Gasteiger partial charge in [0.1, 0.15) is 11.2 Å². The molecule has 4 nitrogen and oxygen atoms in total. The molecule has 0 N–H and O–H groups in total. The van der Waals surface area contributed by atoms with Crippen molar-refractivity contribution in [3.05, 3.63) is 42.5 Å². The summed E-state index contributed by atoms with van der Waals surface area (Å²) in [5.74, 6) is -1.22. The van der Waals surface area contributed by atoms with E-state index in [0.29, 0.717) is 18.6 Å². The molecular formula is C21H20O4. The van der Waals surface area contributed by atoms with E-state index in [1.165, 1.54) is 0 Å². The zero-order valence-corrected chi connectivity index (χ0v) is 14.6. The van der Waals surface area contributed by atoms with Gasteiger partial charge in [-0.3, -0.25) is 14.4 Å². The molecule has 2 atom stereocenters. The van der Waals surface area contributed by atoms with E-state index in [1.54, 1.807) is 19.1 Å². The number of ether oxygens (including phenoxy) is 1. The number of carbonyl (C=O) groups excluding carboxylic acids is 3. The van der Waals surface area contributed by atoms with Gasteiger partial charge in [0.15, 0.2) is 0 Å². The number of rotatable bonds is 2. The zero-order chi connectivity index (χ0) is 18.0. The number of hydrogen-bond acceptors (Lipinski definition) is 4. The Bertz CT molecular complexity index is 942. The molecule has 2 aliphatic rings. The van der Waals surface area contributed by atoms with Crippen LogP contribution in [0.4, 0.5) is 0 Å². The molecule has 25 heavy (non-hydrogen) atoms. The van der Waals surface area contributed by atoms with Crippen molar-refractivity contribution < 1.29 is 19.1 Å². The number of Topliss-reactive ketones (excluding diaryl/α,β-unsaturated/α-hetero) is 2. The van der Waals surface area contributed by atoms with Gasteiger partial charge in [-0.25, -0.2) is 0 Å². The van der Waals surface area contributed by atoms with Crippen molar-refractivity contribution in [2.45, 2.75) is 33.6 Å². The first-order valence-corrected chi connectivity index (χ1v) is 8.54. The molecule has 4 rings (SSSR count). The van der Waals surface area contributed by atoms with E-state index in [-0.39, 0.29) is 0 Å².